The molecule has 0 aliphatic carbocycles. The summed E-state index contributed by atoms with van der Waals surface area (Å²) in [7, 11) is 3.03. The highest BCUT2D eigenvalue weighted by molar-refractivity contribution is 6.33. The summed E-state index contributed by atoms with van der Waals surface area (Å²) < 4.78 is 16.3. The molecule has 34 heavy (non-hydrogen) atoms. The zero-order valence-electron chi connectivity index (χ0n) is 19.3. The van der Waals surface area contributed by atoms with Gasteiger partial charge < -0.3 is 29.7 Å². The topological polar surface area (TPSA) is 106 Å². The molecule has 0 saturated heterocycles. The fraction of sp³-hybridized carbons (Fsp3) is 0.292. The molecular formula is C24H26ClN3O6. The van der Waals surface area contributed by atoms with Crippen molar-refractivity contribution in [2.24, 2.45) is 0 Å². The Morgan fingerprint density at radius 3 is 2.59 bits per heavy atom. The van der Waals surface area contributed by atoms with Crippen molar-refractivity contribution in [2.45, 2.75) is 19.9 Å². The van der Waals surface area contributed by atoms with Crippen molar-refractivity contribution in [3.05, 3.63) is 64.3 Å². The number of carbonyl (C=O) groups is 3. The molecule has 0 bridgehead atoms. The van der Waals surface area contributed by atoms with Crippen LogP contribution in [0.4, 0.5) is 10.5 Å². The van der Waals surface area contributed by atoms with E-state index in [1.165, 1.54) is 12.0 Å². The number of nitrogens with zero attached hydrogens (tertiary/aromatic N) is 1. The fourth-order valence-corrected chi connectivity index (χ4v) is 3.62. The van der Waals surface area contributed by atoms with E-state index in [0.29, 0.717) is 39.0 Å². The molecule has 2 aromatic rings. The maximum Gasteiger partial charge on any atom is 0.338 e. The summed E-state index contributed by atoms with van der Waals surface area (Å²) in [6.07, 6.45) is 0. The molecule has 0 aromatic heterocycles. The van der Waals surface area contributed by atoms with E-state index < -0.39 is 17.9 Å². The minimum Gasteiger partial charge on any atom is -0.493 e. The normalized spacial score (nSPS) is 15.5. The second-order valence-electron chi connectivity index (χ2n) is 7.39. The first kappa shape index (κ1) is 24.9. The Kier molecular flexibility index (Phi) is 8.01. The molecule has 3 rings (SSSR count). The number of halogens is 1. The van der Waals surface area contributed by atoms with Crippen LogP contribution in [0.1, 0.15) is 25.5 Å². The number of carbonyl (C=O) groups excluding carboxylic acids is 3. The summed E-state index contributed by atoms with van der Waals surface area (Å²) in [4.78, 5) is 38.7. The maximum atomic E-state index is 12.6. The summed E-state index contributed by atoms with van der Waals surface area (Å²) in [5, 5.41) is 5.91. The highest BCUT2D eigenvalue weighted by Crippen LogP contribution is 2.36. The summed E-state index contributed by atoms with van der Waals surface area (Å²) in [6, 6.07) is 10.7. The highest BCUT2D eigenvalue weighted by atomic mass is 35.5. The van der Waals surface area contributed by atoms with Gasteiger partial charge in [0.15, 0.2) is 18.1 Å². The Hall–Kier alpha value is -3.72. The number of allylic oxidation sites excluding steroid dienone is 1. The lowest BCUT2D eigenvalue weighted by molar-refractivity contribution is -0.139. The van der Waals surface area contributed by atoms with Gasteiger partial charge in [-0.3, -0.25) is 4.79 Å². The van der Waals surface area contributed by atoms with Crippen molar-refractivity contribution >= 4 is 35.2 Å². The lowest BCUT2D eigenvalue weighted by Crippen LogP contribution is -2.46. The van der Waals surface area contributed by atoms with Gasteiger partial charge in [-0.25, -0.2) is 9.59 Å². The van der Waals surface area contributed by atoms with E-state index in [1.807, 2.05) is 0 Å². The quantitative estimate of drug-likeness (QED) is 0.547. The van der Waals surface area contributed by atoms with Crippen LogP contribution < -0.4 is 20.1 Å². The summed E-state index contributed by atoms with van der Waals surface area (Å²) in [5.41, 5.74) is 1.88. The second-order valence-corrected chi connectivity index (χ2v) is 7.80. The van der Waals surface area contributed by atoms with Gasteiger partial charge in [0, 0.05) is 12.7 Å². The third-order valence-electron chi connectivity index (χ3n) is 5.28. The first-order valence-corrected chi connectivity index (χ1v) is 10.9. The second kappa shape index (κ2) is 10.9. The average molecular weight is 488 g/mol. The summed E-state index contributed by atoms with van der Waals surface area (Å²) >= 11 is 6.06. The molecule has 10 heteroatoms. The van der Waals surface area contributed by atoms with Gasteiger partial charge in [0.25, 0.3) is 5.91 Å². The van der Waals surface area contributed by atoms with Crippen molar-refractivity contribution in [1.29, 1.82) is 0 Å². The van der Waals surface area contributed by atoms with Crippen LogP contribution in [0.25, 0.3) is 0 Å². The van der Waals surface area contributed by atoms with E-state index in [1.54, 1.807) is 63.4 Å². The van der Waals surface area contributed by atoms with Gasteiger partial charge >= 0.3 is 12.0 Å². The predicted octanol–water partition coefficient (Wildman–Crippen LogP) is 3.90. The Labute approximate surface area is 202 Å². The van der Waals surface area contributed by atoms with Crippen LogP contribution in [0.5, 0.6) is 11.5 Å². The van der Waals surface area contributed by atoms with Crippen LogP contribution >= 0.6 is 11.6 Å². The van der Waals surface area contributed by atoms with Gasteiger partial charge in [-0.05, 0) is 43.7 Å². The Morgan fingerprint density at radius 1 is 1.18 bits per heavy atom. The zero-order valence-corrected chi connectivity index (χ0v) is 20.1. The molecule has 2 aromatic carbocycles. The predicted molar refractivity (Wildman–Crippen MR) is 127 cm³/mol. The maximum absolute atomic E-state index is 12.6. The molecule has 0 spiro atoms. The highest BCUT2D eigenvalue weighted by Gasteiger charge is 2.35. The van der Waals surface area contributed by atoms with E-state index >= 15 is 0 Å². The van der Waals surface area contributed by atoms with Gasteiger partial charge in [-0.2, -0.15) is 0 Å². The number of nitrogens with one attached hydrogen (secondary N) is 2. The number of ether oxygens (including phenoxy) is 3. The fourth-order valence-electron chi connectivity index (χ4n) is 3.43. The van der Waals surface area contributed by atoms with E-state index in [2.05, 4.69) is 10.6 Å². The number of esters is 1. The minimum atomic E-state index is -0.741. The lowest BCUT2D eigenvalue weighted by Gasteiger charge is -2.33. The van der Waals surface area contributed by atoms with Gasteiger partial charge in [0.05, 0.1) is 36.0 Å². The summed E-state index contributed by atoms with van der Waals surface area (Å²) in [5.74, 6) is -0.271. The largest absolute Gasteiger partial charge is 0.493 e. The van der Waals surface area contributed by atoms with Crippen LogP contribution in [0, 0.1) is 0 Å². The van der Waals surface area contributed by atoms with Crippen molar-refractivity contribution in [3.8, 4) is 11.5 Å². The number of amides is 3. The Morgan fingerprint density at radius 2 is 1.91 bits per heavy atom. The smallest absolute Gasteiger partial charge is 0.338 e. The molecule has 9 nitrogen and oxygen atoms in total. The van der Waals surface area contributed by atoms with Gasteiger partial charge in [-0.15, -0.1) is 0 Å². The number of hydrogen-bond acceptors (Lipinski definition) is 6. The molecule has 3 amide bonds. The van der Waals surface area contributed by atoms with Crippen LogP contribution in [-0.4, -0.2) is 50.2 Å². The molecule has 0 fully saturated rings. The number of hydrogen-bond donors (Lipinski definition) is 2. The van der Waals surface area contributed by atoms with Crippen molar-refractivity contribution in [3.63, 3.8) is 0 Å². The molecule has 1 atom stereocenters. The molecule has 0 radical (unpaired) electrons. The molecule has 0 saturated carbocycles. The number of methoxy groups -OCH3 is 1. The first-order valence-electron chi connectivity index (χ1n) is 10.5. The van der Waals surface area contributed by atoms with Crippen molar-refractivity contribution in [2.75, 3.05) is 32.7 Å². The number of para-hydroxylation sites is 1. The summed E-state index contributed by atoms with van der Waals surface area (Å²) in [6.45, 7) is 3.32. The molecule has 1 unspecified atom stereocenters. The van der Waals surface area contributed by atoms with E-state index in [0.717, 1.165) is 0 Å². The Balaban J connectivity index is 1.81. The molecule has 2 N–H and O–H groups in total. The molecule has 1 aliphatic heterocycles. The number of rotatable bonds is 8. The van der Waals surface area contributed by atoms with Crippen LogP contribution in [0.2, 0.25) is 5.02 Å². The minimum absolute atomic E-state index is 0.201. The van der Waals surface area contributed by atoms with E-state index in [-0.39, 0.29) is 19.2 Å². The zero-order chi connectivity index (χ0) is 24.8. The lowest BCUT2D eigenvalue weighted by atomic mass is 9.94. The Bertz CT molecular complexity index is 1130. The first-order chi connectivity index (χ1) is 16.3. The van der Waals surface area contributed by atoms with Gasteiger partial charge in [0.2, 0.25) is 0 Å². The standard InChI is InChI=1S/C24H26ClN3O6/c1-5-33-23(30)21-14(2)28(3)24(31)27-22(21)15-10-11-18(19(12-15)32-4)34-13-20(29)26-17-9-7-6-8-16(17)25/h6-12,22H,5,13H2,1-4H3,(H,26,29)(H,27,31). The number of anilines is 1. The molecule has 180 valence electrons. The average Bonchev–Trinajstić information content (AvgIpc) is 2.82. The molecular weight excluding hydrogens is 462 g/mol. The SMILES string of the molecule is CCOC(=O)C1=C(C)N(C)C(=O)NC1c1ccc(OCC(=O)Nc2ccccc2Cl)c(OC)c1. The van der Waals surface area contributed by atoms with Crippen molar-refractivity contribution in [1.82, 2.24) is 10.2 Å². The van der Waals surface area contributed by atoms with E-state index in [4.69, 9.17) is 25.8 Å². The van der Waals surface area contributed by atoms with Crippen LogP contribution in [0.15, 0.2) is 53.7 Å². The number of benzene rings is 2. The van der Waals surface area contributed by atoms with Crippen molar-refractivity contribution < 1.29 is 28.6 Å². The molecule has 1 heterocycles. The van der Waals surface area contributed by atoms with Crippen LogP contribution in [0.3, 0.4) is 0 Å². The van der Waals surface area contributed by atoms with Gasteiger partial charge in [0.1, 0.15) is 0 Å². The third kappa shape index (κ3) is 5.43. The number of urea groups is 1. The van der Waals surface area contributed by atoms with Gasteiger partial charge in [-0.1, -0.05) is 29.8 Å². The van der Waals surface area contributed by atoms with Crippen LogP contribution in [-0.2, 0) is 14.3 Å². The monoisotopic (exact) mass is 487 g/mol. The molecule has 1 aliphatic rings. The third-order valence-corrected chi connectivity index (χ3v) is 5.61. The van der Waals surface area contributed by atoms with E-state index in [9.17, 15) is 14.4 Å².